The van der Waals surface area contributed by atoms with Crippen LogP contribution >= 0.6 is 0 Å². The summed E-state index contributed by atoms with van der Waals surface area (Å²) in [6, 6.07) is 8.86. The fraction of sp³-hybridized carbons (Fsp3) is 0.111. The number of aromatic carboxylic acids is 1. The maximum absolute atomic E-state index is 12.4. The first-order chi connectivity index (χ1) is 13.3. The number of fused-ring (bicyclic) bond motifs is 1. The summed E-state index contributed by atoms with van der Waals surface area (Å²) in [5.41, 5.74) is 1.47. The number of H-pyrrole nitrogens is 2. The molecule has 0 spiro atoms. The Balaban J connectivity index is 1.76. The standard InChI is InChI=1S/C18H15N5O5/c1-9(24)15(23-22-11-4-2-10(3-5-11)17(26)27)16(25)19-12-6-7-13-14(8-12)21-18(28)20-13/h2-8,15H,1H3,(H,19,25)(H,26,27)(H2,20,21,28)/b23-22+. The highest BCUT2D eigenvalue weighted by Gasteiger charge is 2.23. The summed E-state index contributed by atoms with van der Waals surface area (Å²) in [5.74, 6) is -2.28. The minimum Gasteiger partial charge on any atom is -0.478 e. The third-order valence-electron chi connectivity index (χ3n) is 3.82. The molecule has 3 aromatic rings. The van der Waals surface area contributed by atoms with E-state index < -0.39 is 23.7 Å². The maximum atomic E-state index is 12.4. The molecule has 1 amide bonds. The summed E-state index contributed by atoms with van der Waals surface area (Å²) in [5, 5.41) is 19.1. The molecule has 1 heterocycles. The fourth-order valence-electron chi connectivity index (χ4n) is 2.43. The summed E-state index contributed by atoms with van der Waals surface area (Å²) in [7, 11) is 0. The predicted molar refractivity (Wildman–Crippen MR) is 99.9 cm³/mol. The summed E-state index contributed by atoms with van der Waals surface area (Å²) < 4.78 is 0. The van der Waals surface area contributed by atoms with Gasteiger partial charge in [-0.3, -0.25) is 9.59 Å². The molecule has 0 aliphatic carbocycles. The van der Waals surface area contributed by atoms with Crippen LogP contribution in [0.5, 0.6) is 0 Å². The highest BCUT2D eigenvalue weighted by Crippen LogP contribution is 2.17. The van der Waals surface area contributed by atoms with E-state index in [1.807, 2.05) is 0 Å². The van der Waals surface area contributed by atoms with E-state index in [0.29, 0.717) is 22.4 Å². The second kappa shape index (κ2) is 7.66. The van der Waals surface area contributed by atoms with Gasteiger partial charge in [0, 0.05) is 5.69 Å². The van der Waals surface area contributed by atoms with Crippen LogP contribution in [0.1, 0.15) is 17.3 Å². The molecular weight excluding hydrogens is 366 g/mol. The average molecular weight is 381 g/mol. The van der Waals surface area contributed by atoms with Gasteiger partial charge in [0.2, 0.25) is 6.04 Å². The molecule has 4 N–H and O–H groups in total. The number of nitrogens with zero attached hydrogens (tertiary/aromatic N) is 2. The number of ketones is 1. The van der Waals surface area contributed by atoms with E-state index in [1.165, 1.54) is 31.2 Å². The Morgan fingerprint density at radius 2 is 1.71 bits per heavy atom. The number of benzene rings is 2. The van der Waals surface area contributed by atoms with Gasteiger partial charge < -0.3 is 20.4 Å². The molecule has 0 fully saturated rings. The zero-order valence-electron chi connectivity index (χ0n) is 14.6. The number of nitrogens with one attached hydrogen (secondary N) is 3. The van der Waals surface area contributed by atoms with E-state index in [-0.39, 0.29) is 11.3 Å². The lowest BCUT2D eigenvalue weighted by Crippen LogP contribution is -2.31. The molecular formula is C18H15N5O5. The second-order valence-corrected chi connectivity index (χ2v) is 5.91. The normalized spacial score (nSPS) is 12.2. The Labute approximate surface area is 157 Å². The zero-order chi connectivity index (χ0) is 20.3. The highest BCUT2D eigenvalue weighted by molar-refractivity contribution is 6.10. The van der Waals surface area contributed by atoms with Crippen LogP contribution in [0.4, 0.5) is 11.4 Å². The third-order valence-corrected chi connectivity index (χ3v) is 3.82. The Morgan fingerprint density at radius 1 is 1.04 bits per heavy atom. The smallest absolute Gasteiger partial charge is 0.335 e. The Bertz CT molecular complexity index is 1140. The van der Waals surface area contributed by atoms with Crippen LogP contribution in [0, 0.1) is 0 Å². The maximum Gasteiger partial charge on any atom is 0.335 e. The van der Waals surface area contributed by atoms with Gasteiger partial charge in [0.15, 0.2) is 5.78 Å². The van der Waals surface area contributed by atoms with E-state index in [0.717, 1.165) is 0 Å². The number of aromatic amines is 2. The van der Waals surface area contributed by atoms with Crippen molar-refractivity contribution < 1.29 is 19.5 Å². The van der Waals surface area contributed by atoms with Crippen molar-refractivity contribution in [1.82, 2.24) is 9.97 Å². The number of anilines is 1. The number of rotatable bonds is 6. The summed E-state index contributed by atoms with van der Waals surface area (Å²) in [6.45, 7) is 1.21. The number of hydrogen-bond acceptors (Lipinski definition) is 6. The fourth-order valence-corrected chi connectivity index (χ4v) is 2.43. The van der Waals surface area contributed by atoms with Gasteiger partial charge in [-0.1, -0.05) is 0 Å². The molecule has 142 valence electrons. The van der Waals surface area contributed by atoms with Crippen LogP contribution in [0.2, 0.25) is 0 Å². The van der Waals surface area contributed by atoms with E-state index in [4.69, 9.17) is 5.11 Å². The van der Waals surface area contributed by atoms with Crippen molar-refractivity contribution in [2.75, 3.05) is 5.32 Å². The Kier molecular flexibility index (Phi) is 5.12. The van der Waals surface area contributed by atoms with Crippen molar-refractivity contribution >= 4 is 40.1 Å². The largest absolute Gasteiger partial charge is 0.478 e. The van der Waals surface area contributed by atoms with Gasteiger partial charge >= 0.3 is 11.7 Å². The molecule has 1 atom stereocenters. The number of Topliss-reactive ketones (excluding diaryl/α,β-unsaturated/α-hetero) is 1. The zero-order valence-corrected chi connectivity index (χ0v) is 14.6. The first-order valence-corrected chi connectivity index (χ1v) is 8.11. The number of carboxylic acids is 1. The molecule has 0 saturated heterocycles. The minimum absolute atomic E-state index is 0.0815. The van der Waals surface area contributed by atoms with Crippen molar-refractivity contribution in [3.63, 3.8) is 0 Å². The van der Waals surface area contributed by atoms with Crippen molar-refractivity contribution in [1.29, 1.82) is 0 Å². The molecule has 0 aliphatic heterocycles. The quantitative estimate of drug-likeness (QED) is 0.380. The van der Waals surface area contributed by atoms with E-state index in [9.17, 15) is 19.2 Å². The number of hydrogen-bond donors (Lipinski definition) is 4. The van der Waals surface area contributed by atoms with Crippen molar-refractivity contribution in [2.24, 2.45) is 10.2 Å². The van der Waals surface area contributed by atoms with Crippen LogP contribution in [0.15, 0.2) is 57.5 Å². The number of carboxylic acid groups (broad SMARTS) is 1. The Morgan fingerprint density at radius 3 is 2.36 bits per heavy atom. The van der Waals surface area contributed by atoms with Gasteiger partial charge in [-0.15, -0.1) is 0 Å². The molecule has 0 bridgehead atoms. The number of carbonyl (C=O) groups is 3. The molecule has 3 rings (SSSR count). The Hall–Kier alpha value is -4.08. The predicted octanol–water partition coefficient (Wildman–Crippen LogP) is 2.23. The van der Waals surface area contributed by atoms with Crippen LogP contribution in [0.3, 0.4) is 0 Å². The molecule has 0 aliphatic rings. The number of carbonyl (C=O) groups excluding carboxylic acids is 2. The first-order valence-electron chi connectivity index (χ1n) is 8.11. The lowest BCUT2D eigenvalue weighted by molar-refractivity contribution is -0.126. The number of azo groups is 1. The lowest BCUT2D eigenvalue weighted by Gasteiger charge is -2.09. The van der Waals surface area contributed by atoms with Crippen LogP contribution in [0.25, 0.3) is 11.0 Å². The van der Waals surface area contributed by atoms with Gasteiger partial charge in [0.05, 0.1) is 22.3 Å². The third kappa shape index (κ3) is 4.18. The molecule has 1 unspecified atom stereocenters. The lowest BCUT2D eigenvalue weighted by atomic mass is 10.2. The summed E-state index contributed by atoms with van der Waals surface area (Å²) in [4.78, 5) is 51.5. The highest BCUT2D eigenvalue weighted by atomic mass is 16.4. The van der Waals surface area contributed by atoms with Gasteiger partial charge in [-0.25, -0.2) is 9.59 Å². The monoisotopic (exact) mass is 381 g/mol. The van der Waals surface area contributed by atoms with Crippen molar-refractivity contribution in [2.45, 2.75) is 13.0 Å². The van der Waals surface area contributed by atoms with Gasteiger partial charge in [0.25, 0.3) is 5.91 Å². The van der Waals surface area contributed by atoms with Crippen molar-refractivity contribution in [3.05, 3.63) is 58.5 Å². The molecule has 10 heteroatoms. The second-order valence-electron chi connectivity index (χ2n) is 5.91. The van der Waals surface area contributed by atoms with Gasteiger partial charge in [-0.2, -0.15) is 10.2 Å². The summed E-state index contributed by atoms with van der Waals surface area (Å²) >= 11 is 0. The average Bonchev–Trinajstić information content (AvgIpc) is 3.01. The van der Waals surface area contributed by atoms with Crippen LogP contribution in [-0.4, -0.2) is 38.8 Å². The molecule has 2 aromatic carbocycles. The number of amides is 1. The van der Waals surface area contributed by atoms with Gasteiger partial charge in [-0.05, 0) is 49.4 Å². The van der Waals surface area contributed by atoms with Crippen molar-refractivity contribution in [3.8, 4) is 0 Å². The number of imidazole rings is 1. The minimum atomic E-state index is -1.37. The van der Waals surface area contributed by atoms with Crippen LogP contribution in [-0.2, 0) is 9.59 Å². The first kappa shape index (κ1) is 18.7. The number of aromatic nitrogens is 2. The van der Waals surface area contributed by atoms with E-state index >= 15 is 0 Å². The molecule has 0 radical (unpaired) electrons. The van der Waals surface area contributed by atoms with E-state index in [1.54, 1.807) is 18.2 Å². The summed E-state index contributed by atoms with van der Waals surface area (Å²) in [6.07, 6.45) is 0. The molecule has 1 aromatic heterocycles. The molecule has 10 nitrogen and oxygen atoms in total. The van der Waals surface area contributed by atoms with Gasteiger partial charge in [0.1, 0.15) is 0 Å². The molecule has 28 heavy (non-hydrogen) atoms. The van der Waals surface area contributed by atoms with E-state index in [2.05, 4.69) is 25.5 Å². The van der Waals surface area contributed by atoms with Crippen LogP contribution < -0.4 is 11.0 Å². The molecule has 0 saturated carbocycles. The topological polar surface area (TPSA) is 157 Å². The SMILES string of the molecule is CC(=O)C(/N=N/c1ccc(C(=O)O)cc1)C(=O)Nc1ccc2[nH]c(=O)[nH]c2c1.